The van der Waals surface area contributed by atoms with Crippen molar-refractivity contribution >= 4 is 28.8 Å². The van der Waals surface area contributed by atoms with Gasteiger partial charge in [-0.05, 0) is 28.8 Å². The molecule has 0 radical (unpaired) electrons. The van der Waals surface area contributed by atoms with Crippen molar-refractivity contribution < 1.29 is 4.79 Å². The Morgan fingerprint density at radius 2 is 1.03 bits per heavy atom. The van der Waals surface area contributed by atoms with Crippen LogP contribution in [0.15, 0.2) is 103 Å². The Morgan fingerprint density at radius 1 is 0.567 bits per heavy atom. The third-order valence-corrected chi connectivity index (χ3v) is 5.07. The summed E-state index contributed by atoms with van der Waals surface area (Å²) < 4.78 is 0. The number of nitrogens with two attached hydrogens (primary N) is 2. The number of carbonyl (C=O) groups excluding carboxylic acids is 1. The van der Waals surface area contributed by atoms with E-state index in [-0.39, 0.29) is 5.78 Å². The van der Waals surface area contributed by atoms with Crippen molar-refractivity contribution in [2.75, 3.05) is 11.5 Å². The molecule has 0 heterocycles. The van der Waals surface area contributed by atoms with E-state index in [0.717, 1.165) is 22.3 Å². The summed E-state index contributed by atoms with van der Waals surface area (Å²) in [4.78, 5) is 12.8. The maximum atomic E-state index is 12.8. The molecule has 4 aromatic rings. The van der Waals surface area contributed by atoms with Crippen LogP contribution in [0.3, 0.4) is 0 Å². The summed E-state index contributed by atoms with van der Waals surface area (Å²) in [5.41, 5.74) is 18.3. The normalized spacial score (nSPS) is 10.4. The molecule has 4 N–H and O–H groups in total. The third-order valence-electron chi connectivity index (χ3n) is 5.07. The molecule has 3 heteroatoms. The van der Waals surface area contributed by atoms with E-state index in [9.17, 15) is 4.79 Å². The Labute approximate surface area is 176 Å². The lowest BCUT2D eigenvalue weighted by Crippen LogP contribution is -2.08. The van der Waals surface area contributed by atoms with Crippen LogP contribution in [0.25, 0.3) is 11.6 Å². The lowest BCUT2D eigenvalue weighted by atomic mass is 9.93. The molecule has 0 atom stereocenters. The van der Waals surface area contributed by atoms with E-state index in [1.807, 2.05) is 66.7 Å². The Morgan fingerprint density at radius 3 is 1.53 bits per heavy atom. The smallest absolute Gasteiger partial charge is 0.195 e. The maximum Gasteiger partial charge on any atom is 0.195 e. The van der Waals surface area contributed by atoms with Crippen LogP contribution in [-0.2, 0) is 0 Å². The van der Waals surface area contributed by atoms with Crippen LogP contribution in [0.5, 0.6) is 0 Å². The van der Waals surface area contributed by atoms with Crippen molar-refractivity contribution in [3.05, 3.63) is 131 Å². The van der Waals surface area contributed by atoms with Crippen LogP contribution in [0.2, 0.25) is 0 Å². The first kappa shape index (κ1) is 19.2. The van der Waals surface area contributed by atoms with Gasteiger partial charge in [0.15, 0.2) is 5.78 Å². The summed E-state index contributed by atoms with van der Waals surface area (Å²) in [6.07, 6.45) is 2.02. The van der Waals surface area contributed by atoms with Crippen LogP contribution >= 0.6 is 0 Å². The second-order valence-corrected chi connectivity index (χ2v) is 7.01. The van der Waals surface area contributed by atoms with Crippen molar-refractivity contribution in [2.24, 2.45) is 0 Å². The molecule has 0 aromatic heterocycles. The molecule has 0 amide bonds. The van der Waals surface area contributed by atoms with E-state index in [1.54, 1.807) is 18.2 Å². The molecule has 0 aliphatic carbocycles. The number of benzene rings is 4. The van der Waals surface area contributed by atoms with Gasteiger partial charge >= 0.3 is 0 Å². The summed E-state index contributed by atoms with van der Waals surface area (Å²) in [6, 6.07) is 32.9. The van der Waals surface area contributed by atoms with Gasteiger partial charge in [0, 0.05) is 16.7 Å². The maximum absolute atomic E-state index is 12.8. The number of anilines is 2. The van der Waals surface area contributed by atoms with E-state index in [2.05, 4.69) is 24.3 Å². The minimum atomic E-state index is -0.137. The zero-order valence-corrected chi connectivity index (χ0v) is 16.5. The van der Waals surface area contributed by atoms with Crippen molar-refractivity contribution in [3.8, 4) is 0 Å². The summed E-state index contributed by atoms with van der Waals surface area (Å²) in [5.74, 6) is -0.137. The summed E-state index contributed by atoms with van der Waals surface area (Å²) in [5, 5.41) is 0. The van der Waals surface area contributed by atoms with Crippen LogP contribution in [0.4, 0.5) is 11.4 Å². The molecular weight excluding hydrogens is 368 g/mol. The number of nitrogen functional groups attached to an aromatic ring is 2. The van der Waals surface area contributed by atoms with E-state index in [1.165, 1.54) is 0 Å². The lowest BCUT2D eigenvalue weighted by Gasteiger charge is -2.13. The molecule has 4 rings (SSSR count). The highest BCUT2D eigenvalue weighted by Gasteiger charge is 2.16. The van der Waals surface area contributed by atoms with Gasteiger partial charge in [-0.2, -0.15) is 0 Å². The van der Waals surface area contributed by atoms with Crippen molar-refractivity contribution in [1.82, 2.24) is 0 Å². The van der Waals surface area contributed by atoms with Crippen LogP contribution in [-0.4, -0.2) is 5.78 Å². The van der Waals surface area contributed by atoms with Gasteiger partial charge in [-0.25, -0.2) is 0 Å². The number of hydrogen-bond donors (Lipinski definition) is 2. The monoisotopic (exact) mass is 390 g/mol. The highest BCUT2D eigenvalue weighted by atomic mass is 16.1. The van der Waals surface area contributed by atoms with Gasteiger partial charge in [0.25, 0.3) is 0 Å². The van der Waals surface area contributed by atoms with Crippen LogP contribution in [0, 0.1) is 0 Å². The number of rotatable bonds is 5. The highest BCUT2D eigenvalue weighted by Crippen LogP contribution is 2.32. The minimum absolute atomic E-state index is 0.137. The fourth-order valence-electron chi connectivity index (χ4n) is 3.45. The Bertz CT molecular complexity index is 1160. The van der Waals surface area contributed by atoms with Gasteiger partial charge in [-0.3, -0.25) is 4.79 Å². The zero-order valence-electron chi connectivity index (χ0n) is 16.5. The molecule has 0 fully saturated rings. The van der Waals surface area contributed by atoms with Gasteiger partial charge in [0.1, 0.15) is 0 Å². The number of hydrogen-bond acceptors (Lipinski definition) is 3. The molecule has 0 aliphatic heterocycles. The largest absolute Gasteiger partial charge is 0.397 e. The van der Waals surface area contributed by atoms with Gasteiger partial charge < -0.3 is 11.5 Å². The Kier molecular flexibility index (Phi) is 5.44. The molecule has 146 valence electrons. The predicted octanol–water partition coefficient (Wildman–Crippen LogP) is 5.67. The first-order valence-corrected chi connectivity index (χ1v) is 9.75. The molecule has 30 heavy (non-hydrogen) atoms. The summed E-state index contributed by atoms with van der Waals surface area (Å²) in [7, 11) is 0. The van der Waals surface area contributed by atoms with Gasteiger partial charge in [-0.1, -0.05) is 97.1 Å². The van der Waals surface area contributed by atoms with Crippen molar-refractivity contribution in [3.63, 3.8) is 0 Å². The molecule has 0 aliphatic rings. The molecule has 0 saturated carbocycles. The molecule has 3 nitrogen and oxygen atoms in total. The molecule has 0 saturated heterocycles. The first-order valence-electron chi connectivity index (χ1n) is 9.75. The van der Waals surface area contributed by atoms with E-state index in [0.29, 0.717) is 22.5 Å². The fraction of sp³-hybridized carbons (Fsp3) is 0. The minimum Gasteiger partial charge on any atom is -0.397 e. The van der Waals surface area contributed by atoms with Gasteiger partial charge in [0.2, 0.25) is 0 Å². The average molecular weight is 390 g/mol. The molecule has 0 spiro atoms. The Balaban J connectivity index is 1.80. The van der Waals surface area contributed by atoms with Gasteiger partial charge in [0.05, 0.1) is 11.4 Å². The SMILES string of the molecule is Nc1c(C=C(c2ccccc2)c2ccccc2)ccc(C(=O)c2ccccc2)c1N. The quantitative estimate of drug-likeness (QED) is 0.262. The lowest BCUT2D eigenvalue weighted by molar-refractivity contribution is 0.103. The predicted molar refractivity (Wildman–Crippen MR) is 125 cm³/mol. The van der Waals surface area contributed by atoms with E-state index >= 15 is 0 Å². The summed E-state index contributed by atoms with van der Waals surface area (Å²) >= 11 is 0. The number of ketones is 1. The average Bonchev–Trinajstić information content (AvgIpc) is 2.81. The molecule has 0 unspecified atom stereocenters. The topological polar surface area (TPSA) is 69.1 Å². The molecular formula is C27H22N2O. The van der Waals surface area contributed by atoms with Crippen molar-refractivity contribution in [2.45, 2.75) is 0 Å². The van der Waals surface area contributed by atoms with Crippen molar-refractivity contribution in [1.29, 1.82) is 0 Å². The third kappa shape index (κ3) is 3.87. The molecule has 0 bridgehead atoms. The zero-order chi connectivity index (χ0) is 20.9. The molecule has 4 aromatic carbocycles. The fourth-order valence-corrected chi connectivity index (χ4v) is 3.45. The number of carbonyl (C=O) groups is 1. The highest BCUT2D eigenvalue weighted by molar-refractivity contribution is 6.14. The second kappa shape index (κ2) is 8.50. The standard InChI is InChI=1S/C27H22N2O/c28-25-22(16-17-23(26(25)29)27(30)21-14-8-3-9-15-21)18-24(19-10-4-1-5-11-19)20-12-6-2-7-13-20/h1-18H,28-29H2. The summed E-state index contributed by atoms with van der Waals surface area (Å²) in [6.45, 7) is 0. The van der Waals surface area contributed by atoms with Gasteiger partial charge in [-0.15, -0.1) is 0 Å². The van der Waals surface area contributed by atoms with E-state index in [4.69, 9.17) is 11.5 Å². The van der Waals surface area contributed by atoms with Crippen LogP contribution < -0.4 is 11.5 Å². The van der Waals surface area contributed by atoms with E-state index < -0.39 is 0 Å². The first-order chi connectivity index (χ1) is 14.6. The van der Waals surface area contributed by atoms with Crippen LogP contribution in [0.1, 0.15) is 32.6 Å². The Hall–Kier alpha value is -4.11. The second-order valence-electron chi connectivity index (χ2n) is 7.01.